The Hall–Kier alpha value is -3.04. The molecule has 2 heterocycles. The minimum atomic E-state index is -4.52. The van der Waals surface area contributed by atoms with Gasteiger partial charge < -0.3 is 20.9 Å². The molecule has 2 amide bonds. The molecule has 1 aliphatic heterocycles. The number of nitrogens with zero attached hydrogens (tertiary/aromatic N) is 3. The average molecular weight is 420 g/mol. The first-order chi connectivity index (χ1) is 14.3. The van der Waals surface area contributed by atoms with Gasteiger partial charge in [0.15, 0.2) is 0 Å². The second kappa shape index (κ2) is 8.00. The lowest BCUT2D eigenvalue weighted by Crippen LogP contribution is -2.42. The van der Waals surface area contributed by atoms with Crippen molar-refractivity contribution in [1.82, 2.24) is 20.2 Å². The van der Waals surface area contributed by atoms with E-state index in [1.165, 1.54) is 0 Å². The number of aromatic nitrogens is 2. The smallest absolute Gasteiger partial charge is 0.367 e. The third kappa shape index (κ3) is 4.58. The summed E-state index contributed by atoms with van der Waals surface area (Å²) in [6, 6.07) is 5.61. The molecular weight excluding hydrogens is 397 g/mol. The minimum Gasteiger partial charge on any atom is -0.367 e. The highest BCUT2D eigenvalue weighted by Gasteiger charge is 2.37. The first-order valence-corrected chi connectivity index (χ1v) is 9.96. The molecule has 1 aromatic carbocycles. The third-order valence-electron chi connectivity index (χ3n) is 5.10. The van der Waals surface area contributed by atoms with Crippen LogP contribution in [0.25, 0.3) is 0 Å². The molecule has 1 aromatic heterocycles. The van der Waals surface area contributed by atoms with E-state index in [1.807, 2.05) is 25.1 Å². The Morgan fingerprint density at radius 1 is 1.27 bits per heavy atom. The van der Waals surface area contributed by atoms with Crippen molar-refractivity contribution in [2.75, 3.05) is 23.7 Å². The summed E-state index contributed by atoms with van der Waals surface area (Å²) < 4.78 is 39.7. The van der Waals surface area contributed by atoms with Crippen LogP contribution in [0.2, 0.25) is 0 Å². The van der Waals surface area contributed by atoms with E-state index in [2.05, 4.69) is 25.9 Å². The monoisotopic (exact) mass is 420 g/mol. The second-order valence-electron chi connectivity index (χ2n) is 7.49. The fraction of sp³-hybridized carbons (Fsp3) is 0.450. The Bertz CT molecular complexity index is 945. The molecule has 10 heteroatoms. The maximum atomic E-state index is 13.2. The van der Waals surface area contributed by atoms with Gasteiger partial charge in [0, 0.05) is 37.6 Å². The van der Waals surface area contributed by atoms with E-state index < -0.39 is 11.7 Å². The zero-order chi connectivity index (χ0) is 21.3. The molecule has 0 bridgehead atoms. The van der Waals surface area contributed by atoms with Crippen LogP contribution >= 0.6 is 0 Å². The van der Waals surface area contributed by atoms with Gasteiger partial charge in [0.25, 0.3) is 0 Å². The van der Waals surface area contributed by atoms with Crippen molar-refractivity contribution in [3.8, 4) is 0 Å². The van der Waals surface area contributed by atoms with E-state index in [9.17, 15) is 18.0 Å². The Morgan fingerprint density at radius 2 is 2.07 bits per heavy atom. The average Bonchev–Trinajstić information content (AvgIpc) is 3.51. The van der Waals surface area contributed by atoms with Gasteiger partial charge in [-0.05, 0) is 49.4 Å². The third-order valence-corrected chi connectivity index (χ3v) is 5.10. The SMILES string of the molecule is CCNC(=O)N1CCc2cc(Nc3ncc(C(F)(F)F)c(NC4CC4)n3)ccc2C1. The first kappa shape index (κ1) is 20.2. The van der Waals surface area contributed by atoms with Crippen molar-refractivity contribution >= 4 is 23.5 Å². The van der Waals surface area contributed by atoms with E-state index >= 15 is 0 Å². The summed E-state index contributed by atoms with van der Waals surface area (Å²) in [5.74, 6) is -0.0936. The number of amides is 2. The van der Waals surface area contributed by atoms with Gasteiger partial charge >= 0.3 is 12.2 Å². The molecule has 160 valence electrons. The minimum absolute atomic E-state index is 0.0328. The van der Waals surface area contributed by atoms with Gasteiger partial charge in [0.05, 0.1) is 0 Å². The number of carbonyl (C=O) groups is 1. The molecule has 3 N–H and O–H groups in total. The van der Waals surface area contributed by atoms with Gasteiger partial charge in [-0.3, -0.25) is 0 Å². The highest BCUT2D eigenvalue weighted by Crippen LogP contribution is 2.36. The zero-order valence-electron chi connectivity index (χ0n) is 16.5. The van der Waals surface area contributed by atoms with E-state index in [0.29, 0.717) is 31.7 Å². The maximum absolute atomic E-state index is 13.2. The van der Waals surface area contributed by atoms with Gasteiger partial charge in [0.2, 0.25) is 5.95 Å². The van der Waals surface area contributed by atoms with Crippen LogP contribution in [-0.2, 0) is 19.1 Å². The van der Waals surface area contributed by atoms with Crippen molar-refractivity contribution in [2.24, 2.45) is 0 Å². The van der Waals surface area contributed by atoms with Gasteiger partial charge in [0.1, 0.15) is 11.4 Å². The van der Waals surface area contributed by atoms with Gasteiger partial charge in [-0.1, -0.05) is 6.07 Å². The lowest BCUT2D eigenvalue weighted by atomic mass is 9.99. The summed E-state index contributed by atoms with van der Waals surface area (Å²) in [6.07, 6.45) is -1.34. The topological polar surface area (TPSA) is 82.2 Å². The number of halogens is 3. The largest absolute Gasteiger partial charge is 0.421 e. The standard InChI is InChI=1S/C20H23F3N6O/c1-2-24-19(30)29-8-7-12-9-15(4-3-13(12)11-29)27-18-25-10-16(20(21,22)23)17(28-18)26-14-5-6-14/h3-4,9-10,14H,2,5-8,11H2,1H3,(H,24,30)(H2,25,26,27,28). The summed E-state index contributed by atoms with van der Waals surface area (Å²) in [7, 11) is 0. The summed E-state index contributed by atoms with van der Waals surface area (Å²) in [5.41, 5.74) is 1.96. The van der Waals surface area contributed by atoms with E-state index in [1.54, 1.807) is 4.90 Å². The molecule has 1 aliphatic carbocycles. The number of hydrogen-bond donors (Lipinski definition) is 3. The molecule has 0 unspecified atom stereocenters. The molecule has 30 heavy (non-hydrogen) atoms. The van der Waals surface area contributed by atoms with Crippen LogP contribution in [0.4, 0.5) is 35.4 Å². The normalized spacial score (nSPS) is 16.1. The molecule has 0 saturated heterocycles. The zero-order valence-corrected chi connectivity index (χ0v) is 16.5. The molecular formula is C20H23F3N6O. The predicted molar refractivity (Wildman–Crippen MR) is 107 cm³/mol. The van der Waals surface area contributed by atoms with E-state index in [0.717, 1.165) is 30.2 Å². The molecule has 0 atom stereocenters. The van der Waals surface area contributed by atoms with Crippen LogP contribution in [0, 0.1) is 0 Å². The Kier molecular flexibility index (Phi) is 5.40. The summed E-state index contributed by atoms with van der Waals surface area (Å²) in [5, 5.41) is 8.64. The highest BCUT2D eigenvalue weighted by molar-refractivity contribution is 5.74. The summed E-state index contributed by atoms with van der Waals surface area (Å²) >= 11 is 0. The lowest BCUT2D eigenvalue weighted by molar-refractivity contribution is -0.137. The number of benzene rings is 1. The number of carbonyl (C=O) groups excluding carboxylic acids is 1. The number of rotatable bonds is 5. The quantitative estimate of drug-likeness (QED) is 0.684. The fourth-order valence-corrected chi connectivity index (χ4v) is 3.38. The molecule has 1 saturated carbocycles. The van der Waals surface area contributed by atoms with Crippen LogP contribution in [-0.4, -0.2) is 40.0 Å². The van der Waals surface area contributed by atoms with Crippen molar-refractivity contribution in [2.45, 2.75) is 44.9 Å². The Labute approximate surface area is 172 Å². The molecule has 7 nitrogen and oxygen atoms in total. The molecule has 2 aliphatic rings. The van der Waals surface area contributed by atoms with Crippen molar-refractivity contribution in [3.05, 3.63) is 41.1 Å². The van der Waals surface area contributed by atoms with Crippen LogP contribution in [0.3, 0.4) is 0 Å². The molecule has 0 radical (unpaired) electrons. The maximum Gasteiger partial charge on any atom is 0.421 e. The van der Waals surface area contributed by atoms with Crippen LogP contribution in [0.1, 0.15) is 36.5 Å². The molecule has 1 fully saturated rings. The summed E-state index contributed by atoms with van der Waals surface area (Å²) in [4.78, 5) is 21.7. The number of fused-ring (bicyclic) bond motifs is 1. The van der Waals surface area contributed by atoms with Crippen LogP contribution < -0.4 is 16.0 Å². The van der Waals surface area contributed by atoms with Gasteiger partial charge in [-0.2, -0.15) is 18.2 Å². The predicted octanol–water partition coefficient (Wildman–Crippen LogP) is 3.90. The lowest BCUT2D eigenvalue weighted by Gasteiger charge is -2.29. The molecule has 0 spiro atoms. The van der Waals surface area contributed by atoms with E-state index in [-0.39, 0.29) is 23.8 Å². The van der Waals surface area contributed by atoms with Crippen molar-refractivity contribution < 1.29 is 18.0 Å². The van der Waals surface area contributed by atoms with Crippen LogP contribution in [0.15, 0.2) is 24.4 Å². The Balaban J connectivity index is 1.50. The highest BCUT2D eigenvalue weighted by atomic mass is 19.4. The Morgan fingerprint density at radius 3 is 2.77 bits per heavy atom. The fourth-order valence-electron chi connectivity index (χ4n) is 3.38. The van der Waals surface area contributed by atoms with Crippen molar-refractivity contribution in [3.63, 3.8) is 0 Å². The number of alkyl halides is 3. The molecule has 4 rings (SSSR count). The van der Waals surface area contributed by atoms with Gasteiger partial charge in [-0.15, -0.1) is 0 Å². The molecule has 2 aromatic rings. The summed E-state index contributed by atoms with van der Waals surface area (Å²) in [6.45, 7) is 3.58. The van der Waals surface area contributed by atoms with Gasteiger partial charge in [-0.25, -0.2) is 9.78 Å². The number of urea groups is 1. The second-order valence-corrected chi connectivity index (χ2v) is 7.49. The number of hydrogen-bond acceptors (Lipinski definition) is 5. The van der Waals surface area contributed by atoms with E-state index in [4.69, 9.17) is 0 Å². The van der Waals surface area contributed by atoms with Crippen LogP contribution in [0.5, 0.6) is 0 Å². The number of nitrogens with one attached hydrogen (secondary N) is 3. The number of anilines is 3. The first-order valence-electron chi connectivity index (χ1n) is 9.96. The van der Waals surface area contributed by atoms with Crippen molar-refractivity contribution in [1.29, 1.82) is 0 Å².